The van der Waals surface area contributed by atoms with Crippen molar-refractivity contribution in [3.05, 3.63) is 56.4 Å². The standard InChI is InChI=1S/C19H14BrFN2O2S/c1-4-7-22-18(24)17(26-19(22)25)9-13-8-11(2)23(12(13)3)16-6-5-14(20)10-15(16)21/h1,5-6,8-10H,7H2,2-3H3/b17-9-. The molecule has 1 fully saturated rings. The molecule has 1 saturated heterocycles. The number of benzene rings is 1. The minimum absolute atomic E-state index is 0.0505. The van der Waals surface area contributed by atoms with Gasteiger partial charge in [0.1, 0.15) is 5.82 Å². The summed E-state index contributed by atoms with van der Waals surface area (Å²) in [7, 11) is 0. The lowest BCUT2D eigenvalue weighted by atomic mass is 10.2. The third-order valence-corrected chi connectivity index (χ3v) is 5.43. The number of carbonyl (C=O) groups excluding carboxylic acids is 2. The predicted octanol–water partition coefficient (Wildman–Crippen LogP) is 4.67. The van der Waals surface area contributed by atoms with Gasteiger partial charge in [0.05, 0.1) is 17.1 Å². The molecule has 4 nitrogen and oxygen atoms in total. The van der Waals surface area contributed by atoms with Crippen LogP contribution in [0.3, 0.4) is 0 Å². The molecular weight excluding hydrogens is 419 g/mol. The summed E-state index contributed by atoms with van der Waals surface area (Å²) in [6.45, 7) is 3.65. The molecule has 132 valence electrons. The van der Waals surface area contributed by atoms with Crippen molar-refractivity contribution in [3.8, 4) is 18.0 Å². The highest BCUT2D eigenvalue weighted by atomic mass is 79.9. The molecule has 3 rings (SSSR count). The van der Waals surface area contributed by atoms with Crippen molar-refractivity contribution in [1.29, 1.82) is 0 Å². The Morgan fingerprint density at radius 1 is 1.31 bits per heavy atom. The van der Waals surface area contributed by atoms with Crippen LogP contribution in [0.25, 0.3) is 11.8 Å². The van der Waals surface area contributed by atoms with Crippen molar-refractivity contribution in [2.24, 2.45) is 0 Å². The topological polar surface area (TPSA) is 42.3 Å². The zero-order valence-corrected chi connectivity index (χ0v) is 16.4. The van der Waals surface area contributed by atoms with Gasteiger partial charge in [0, 0.05) is 15.9 Å². The van der Waals surface area contributed by atoms with E-state index in [0.29, 0.717) is 15.1 Å². The molecule has 0 saturated carbocycles. The SMILES string of the molecule is C#CCN1C(=O)S/C(=C\c2cc(C)n(-c3ccc(Br)cc3F)c2C)C1=O. The monoisotopic (exact) mass is 432 g/mol. The number of carbonyl (C=O) groups is 2. The molecule has 1 aliphatic heterocycles. The summed E-state index contributed by atoms with van der Waals surface area (Å²) in [6, 6.07) is 6.71. The van der Waals surface area contributed by atoms with E-state index in [1.165, 1.54) is 6.07 Å². The Morgan fingerprint density at radius 2 is 2.04 bits per heavy atom. The second-order valence-corrected chi connectivity index (χ2v) is 7.64. The lowest BCUT2D eigenvalue weighted by Crippen LogP contribution is -2.28. The summed E-state index contributed by atoms with van der Waals surface area (Å²) < 4.78 is 16.8. The Labute approximate surface area is 163 Å². The summed E-state index contributed by atoms with van der Waals surface area (Å²) in [6.07, 6.45) is 6.85. The fourth-order valence-corrected chi connectivity index (χ4v) is 4.00. The van der Waals surface area contributed by atoms with Crippen LogP contribution in [0.2, 0.25) is 0 Å². The van der Waals surface area contributed by atoms with Gasteiger partial charge in [-0.05, 0) is 61.5 Å². The first kappa shape index (κ1) is 18.5. The highest BCUT2D eigenvalue weighted by molar-refractivity contribution is 9.10. The first-order valence-electron chi connectivity index (χ1n) is 7.66. The first-order valence-corrected chi connectivity index (χ1v) is 9.27. The maximum Gasteiger partial charge on any atom is 0.294 e. The van der Waals surface area contributed by atoms with Crippen molar-refractivity contribution >= 4 is 44.9 Å². The molecular formula is C19H14BrFN2O2S. The fraction of sp³-hybridized carbons (Fsp3) is 0.158. The van der Waals surface area contributed by atoms with E-state index in [-0.39, 0.29) is 17.6 Å². The van der Waals surface area contributed by atoms with E-state index >= 15 is 0 Å². The number of nitrogens with zero attached hydrogens (tertiary/aromatic N) is 2. The number of hydrogen-bond acceptors (Lipinski definition) is 3. The molecule has 2 aromatic rings. The van der Waals surface area contributed by atoms with Gasteiger partial charge in [0.2, 0.25) is 0 Å². The Hall–Kier alpha value is -2.30. The van der Waals surface area contributed by atoms with Gasteiger partial charge in [-0.2, -0.15) is 0 Å². The largest absolute Gasteiger partial charge is 0.315 e. The van der Waals surface area contributed by atoms with Gasteiger partial charge in [0.15, 0.2) is 0 Å². The maximum atomic E-state index is 14.4. The molecule has 2 amide bonds. The highest BCUT2D eigenvalue weighted by Gasteiger charge is 2.34. The fourth-order valence-electron chi connectivity index (χ4n) is 2.84. The molecule has 0 spiro atoms. The zero-order chi connectivity index (χ0) is 19.0. The molecule has 0 N–H and O–H groups in total. The number of thioether (sulfide) groups is 1. The Morgan fingerprint density at radius 3 is 2.69 bits per heavy atom. The third kappa shape index (κ3) is 3.22. The molecule has 1 aliphatic rings. The van der Waals surface area contributed by atoms with Crippen LogP contribution in [0.4, 0.5) is 9.18 Å². The van der Waals surface area contributed by atoms with Crippen LogP contribution in [0, 0.1) is 32.0 Å². The molecule has 7 heteroatoms. The van der Waals surface area contributed by atoms with Gasteiger partial charge >= 0.3 is 0 Å². The van der Waals surface area contributed by atoms with Gasteiger partial charge in [-0.1, -0.05) is 21.9 Å². The number of aromatic nitrogens is 1. The molecule has 1 aromatic carbocycles. The molecule has 26 heavy (non-hydrogen) atoms. The maximum absolute atomic E-state index is 14.4. The van der Waals surface area contributed by atoms with Crippen molar-refractivity contribution in [1.82, 2.24) is 9.47 Å². The number of terminal acetylenes is 1. The van der Waals surface area contributed by atoms with E-state index < -0.39 is 5.91 Å². The number of rotatable bonds is 3. The third-order valence-electron chi connectivity index (χ3n) is 4.03. The van der Waals surface area contributed by atoms with Gasteiger partial charge in [0.25, 0.3) is 11.1 Å². The second-order valence-electron chi connectivity index (χ2n) is 5.73. The number of amides is 2. The number of aryl methyl sites for hydroxylation is 1. The van der Waals surface area contributed by atoms with E-state index in [9.17, 15) is 14.0 Å². The molecule has 0 atom stereocenters. The molecule has 0 radical (unpaired) electrons. The van der Waals surface area contributed by atoms with E-state index in [4.69, 9.17) is 6.42 Å². The van der Waals surface area contributed by atoms with E-state index in [0.717, 1.165) is 33.6 Å². The molecule has 1 aromatic heterocycles. The highest BCUT2D eigenvalue weighted by Crippen LogP contribution is 2.33. The van der Waals surface area contributed by atoms with Gasteiger partial charge in [-0.25, -0.2) is 4.39 Å². The lowest BCUT2D eigenvalue weighted by Gasteiger charge is -2.11. The second kappa shape index (κ2) is 7.14. The van der Waals surface area contributed by atoms with Gasteiger partial charge < -0.3 is 4.57 Å². The van der Waals surface area contributed by atoms with Crippen LogP contribution < -0.4 is 0 Å². The van der Waals surface area contributed by atoms with Crippen LogP contribution in [0.15, 0.2) is 33.6 Å². The summed E-state index contributed by atoms with van der Waals surface area (Å²) in [4.78, 5) is 25.6. The quantitative estimate of drug-likeness (QED) is 0.522. The summed E-state index contributed by atoms with van der Waals surface area (Å²) in [5.41, 5.74) is 2.75. The average Bonchev–Trinajstić information content (AvgIpc) is 2.99. The van der Waals surface area contributed by atoms with Crippen LogP contribution in [-0.4, -0.2) is 27.2 Å². The van der Waals surface area contributed by atoms with Crippen LogP contribution in [-0.2, 0) is 4.79 Å². The predicted molar refractivity (Wildman–Crippen MR) is 104 cm³/mol. The molecule has 0 bridgehead atoms. The van der Waals surface area contributed by atoms with Crippen molar-refractivity contribution in [3.63, 3.8) is 0 Å². The average molecular weight is 433 g/mol. The van der Waals surface area contributed by atoms with Crippen LogP contribution >= 0.6 is 27.7 Å². The first-order chi connectivity index (χ1) is 12.3. The number of imide groups is 1. The normalized spacial score (nSPS) is 15.8. The lowest BCUT2D eigenvalue weighted by molar-refractivity contribution is -0.122. The Bertz CT molecular complexity index is 1000. The zero-order valence-electron chi connectivity index (χ0n) is 14.0. The molecule has 0 aliphatic carbocycles. The van der Waals surface area contributed by atoms with Crippen LogP contribution in [0.1, 0.15) is 17.0 Å². The van der Waals surface area contributed by atoms with Gasteiger partial charge in [-0.15, -0.1) is 6.42 Å². The van der Waals surface area contributed by atoms with Crippen molar-refractivity contribution < 1.29 is 14.0 Å². The van der Waals surface area contributed by atoms with E-state index in [2.05, 4.69) is 21.9 Å². The van der Waals surface area contributed by atoms with E-state index in [1.54, 1.807) is 22.8 Å². The minimum atomic E-state index is -0.405. The Kier molecular flexibility index (Phi) is 5.08. The summed E-state index contributed by atoms with van der Waals surface area (Å²) in [5.74, 6) is 1.54. The number of hydrogen-bond donors (Lipinski definition) is 0. The summed E-state index contributed by atoms with van der Waals surface area (Å²) in [5, 5.41) is -0.382. The van der Waals surface area contributed by atoms with Crippen LogP contribution in [0.5, 0.6) is 0 Å². The smallest absolute Gasteiger partial charge is 0.294 e. The van der Waals surface area contributed by atoms with E-state index in [1.807, 2.05) is 19.9 Å². The van der Waals surface area contributed by atoms with Gasteiger partial charge in [-0.3, -0.25) is 14.5 Å². The molecule has 2 heterocycles. The minimum Gasteiger partial charge on any atom is -0.315 e. The van der Waals surface area contributed by atoms with Crippen molar-refractivity contribution in [2.45, 2.75) is 13.8 Å². The Balaban J connectivity index is 2.03. The van der Waals surface area contributed by atoms with Crippen molar-refractivity contribution in [2.75, 3.05) is 6.54 Å². The summed E-state index contributed by atoms with van der Waals surface area (Å²) >= 11 is 4.11. The number of halogens is 2. The molecule has 0 unspecified atom stereocenters.